The van der Waals surface area contributed by atoms with Gasteiger partial charge >= 0.3 is 0 Å². The molecule has 0 bridgehead atoms. The summed E-state index contributed by atoms with van der Waals surface area (Å²) in [6.07, 6.45) is 0. The summed E-state index contributed by atoms with van der Waals surface area (Å²) >= 11 is 1.92. The number of rotatable bonds is 7. The molecule has 26 heavy (non-hydrogen) atoms. The van der Waals surface area contributed by atoms with Crippen LogP contribution in [0, 0.1) is 21.0 Å². The monoisotopic (exact) mass is 501 g/mol. The van der Waals surface area contributed by atoms with Gasteiger partial charge in [-0.3, -0.25) is 9.63 Å². The van der Waals surface area contributed by atoms with Crippen molar-refractivity contribution in [3.63, 3.8) is 0 Å². The molecule has 0 spiro atoms. The summed E-state index contributed by atoms with van der Waals surface area (Å²) in [6.45, 7) is 0.664. The molecule has 0 heterocycles. The van der Waals surface area contributed by atoms with Gasteiger partial charge in [0, 0.05) is 10.1 Å². The maximum Gasteiger partial charge on any atom is 0.277 e. The molecular weight excluding hydrogens is 486 g/mol. The third kappa shape index (κ3) is 5.73. The fourth-order valence-electron chi connectivity index (χ4n) is 1.91. The number of halogens is 5. The first-order valence-electron chi connectivity index (χ1n) is 7.21. The van der Waals surface area contributed by atoms with Gasteiger partial charge in [-0.1, -0.05) is 0 Å². The number of hydrogen-bond donors (Lipinski definition) is 3. The molecule has 3 N–H and O–H groups in total. The molecule has 10 heteroatoms. The standard InChI is InChI=1S/C16H15F3IN3O2.ClH/c1-21-6-7-25-23-16(24)10-3-4-11(17)14(19)15(10)22-13-5-2-9(20)8-12(13)18;/h2-5,8,21-22H,6-7H2,1H3,(H,23,24);1H. The van der Waals surface area contributed by atoms with Crippen molar-refractivity contribution in [2.75, 3.05) is 25.5 Å². The van der Waals surface area contributed by atoms with Crippen LogP contribution in [0.2, 0.25) is 0 Å². The van der Waals surface area contributed by atoms with Crippen LogP contribution in [-0.2, 0) is 4.84 Å². The van der Waals surface area contributed by atoms with Crippen molar-refractivity contribution in [1.29, 1.82) is 0 Å². The van der Waals surface area contributed by atoms with E-state index in [-0.39, 0.29) is 30.3 Å². The SMILES string of the molecule is CNCCONC(=O)c1ccc(F)c(F)c1Nc1ccc(I)cc1F.Cl. The maximum absolute atomic E-state index is 14.2. The molecule has 0 unspecified atom stereocenters. The van der Waals surface area contributed by atoms with E-state index in [1.807, 2.05) is 22.6 Å². The average Bonchev–Trinajstić information content (AvgIpc) is 2.58. The number of likely N-dealkylation sites (N-methyl/N-ethyl adjacent to an activating group) is 1. The second-order valence-corrected chi connectivity index (χ2v) is 6.16. The molecular formula is C16H16ClF3IN3O2. The second kappa shape index (κ2) is 10.6. The zero-order valence-electron chi connectivity index (χ0n) is 13.5. The Hall–Kier alpha value is -1.56. The summed E-state index contributed by atoms with van der Waals surface area (Å²) in [5, 5.41) is 5.25. The van der Waals surface area contributed by atoms with Crippen molar-refractivity contribution in [1.82, 2.24) is 10.8 Å². The lowest BCUT2D eigenvalue weighted by Gasteiger charge is -2.14. The molecule has 0 aliphatic rings. The molecule has 2 aromatic carbocycles. The van der Waals surface area contributed by atoms with Crippen LogP contribution in [0.5, 0.6) is 0 Å². The van der Waals surface area contributed by atoms with E-state index in [1.165, 1.54) is 12.1 Å². The van der Waals surface area contributed by atoms with Gasteiger partial charge in [0.25, 0.3) is 5.91 Å². The zero-order chi connectivity index (χ0) is 18.4. The minimum atomic E-state index is -1.29. The molecule has 0 aliphatic carbocycles. The normalized spacial score (nSPS) is 10.2. The van der Waals surface area contributed by atoms with E-state index in [1.54, 1.807) is 13.1 Å². The molecule has 0 atom stereocenters. The predicted molar refractivity (Wildman–Crippen MR) is 103 cm³/mol. The minimum absolute atomic E-state index is 0. The summed E-state index contributed by atoms with van der Waals surface area (Å²) in [7, 11) is 1.71. The topological polar surface area (TPSA) is 62.4 Å². The maximum atomic E-state index is 14.2. The Labute approximate surface area is 168 Å². The number of hydroxylamine groups is 1. The van der Waals surface area contributed by atoms with Crippen LogP contribution in [0.15, 0.2) is 30.3 Å². The van der Waals surface area contributed by atoms with E-state index >= 15 is 0 Å². The number of carbonyl (C=O) groups excluding carboxylic acids is 1. The lowest BCUT2D eigenvalue weighted by molar-refractivity contribution is 0.0329. The third-order valence-electron chi connectivity index (χ3n) is 3.15. The van der Waals surface area contributed by atoms with Crippen LogP contribution in [0.4, 0.5) is 24.5 Å². The van der Waals surface area contributed by atoms with Crippen LogP contribution in [0.25, 0.3) is 0 Å². The van der Waals surface area contributed by atoms with Crippen LogP contribution in [-0.4, -0.2) is 26.1 Å². The Bertz CT molecular complexity index is 781. The van der Waals surface area contributed by atoms with Crippen molar-refractivity contribution in [2.24, 2.45) is 0 Å². The molecule has 0 fully saturated rings. The van der Waals surface area contributed by atoms with Crippen LogP contribution in [0.1, 0.15) is 10.4 Å². The Balaban J connectivity index is 0.00000338. The first-order valence-corrected chi connectivity index (χ1v) is 8.28. The van der Waals surface area contributed by atoms with Crippen molar-refractivity contribution < 1.29 is 22.8 Å². The predicted octanol–water partition coefficient (Wildman–Crippen LogP) is 3.75. The third-order valence-corrected chi connectivity index (χ3v) is 3.82. The quantitative estimate of drug-likeness (QED) is 0.307. The molecule has 0 aliphatic heterocycles. The average molecular weight is 502 g/mol. The lowest BCUT2D eigenvalue weighted by Crippen LogP contribution is -2.28. The highest BCUT2D eigenvalue weighted by atomic mass is 127. The number of anilines is 2. The number of benzene rings is 2. The van der Waals surface area contributed by atoms with Crippen LogP contribution in [0.3, 0.4) is 0 Å². The minimum Gasteiger partial charge on any atom is -0.350 e. The highest BCUT2D eigenvalue weighted by Crippen LogP contribution is 2.28. The number of amides is 1. The molecule has 2 rings (SSSR count). The summed E-state index contributed by atoms with van der Waals surface area (Å²) in [5.41, 5.74) is 1.34. The fraction of sp³-hybridized carbons (Fsp3) is 0.188. The Morgan fingerprint density at radius 3 is 2.54 bits per heavy atom. The largest absolute Gasteiger partial charge is 0.350 e. The van der Waals surface area contributed by atoms with E-state index in [4.69, 9.17) is 4.84 Å². The first-order chi connectivity index (χ1) is 11.9. The van der Waals surface area contributed by atoms with Crippen molar-refractivity contribution in [3.8, 4) is 0 Å². The summed E-state index contributed by atoms with van der Waals surface area (Å²) < 4.78 is 42.3. The summed E-state index contributed by atoms with van der Waals surface area (Å²) in [5.74, 6) is -3.91. The Morgan fingerprint density at radius 2 is 1.88 bits per heavy atom. The summed E-state index contributed by atoms with van der Waals surface area (Å²) in [4.78, 5) is 17.1. The van der Waals surface area contributed by atoms with Gasteiger partial charge in [0.05, 0.1) is 23.5 Å². The van der Waals surface area contributed by atoms with Gasteiger partial charge in [0.15, 0.2) is 11.6 Å². The van der Waals surface area contributed by atoms with Gasteiger partial charge in [-0.05, 0) is 60.0 Å². The highest BCUT2D eigenvalue weighted by Gasteiger charge is 2.20. The fourth-order valence-corrected chi connectivity index (χ4v) is 2.37. The van der Waals surface area contributed by atoms with Crippen molar-refractivity contribution in [2.45, 2.75) is 0 Å². The molecule has 1 amide bonds. The van der Waals surface area contributed by atoms with Crippen LogP contribution < -0.4 is 16.1 Å². The van der Waals surface area contributed by atoms with Gasteiger partial charge in [0.1, 0.15) is 5.82 Å². The molecule has 0 aromatic heterocycles. The zero-order valence-corrected chi connectivity index (χ0v) is 16.5. The lowest BCUT2D eigenvalue weighted by atomic mass is 10.1. The number of carbonyl (C=O) groups is 1. The second-order valence-electron chi connectivity index (χ2n) is 4.92. The van der Waals surface area contributed by atoms with E-state index in [0.717, 1.165) is 12.1 Å². The van der Waals surface area contributed by atoms with Gasteiger partial charge in [0.2, 0.25) is 0 Å². The molecule has 2 aromatic rings. The molecule has 0 saturated carbocycles. The van der Waals surface area contributed by atoms with Gasteiger partial charge in [-0.25, -0.2) is 18.7 Å². The smallest absolute Gasteiger partial charge is 0.277 e. The van der Waals surface area contributed by atoms with E-state index in [9.17, 15) is 18.0 Å². The van der Waals surface area contributed by atoms with Crippen molar-refractivity contribution in [3.05, 3.63) is 56.9 Å². The highest BCUT2D eigenvalue weighted by molar-refractivity contribution is 14.1. The van der Waals surface area contributed by atoms with Crippen molar-refractivity contribution >= 4 is 52.3 Å². The molecule has 5 nitrogen and oxygen atoms in total. The van der Waals surface area contributed by atoms with E-state index in [0.29, 0.717) is 10.1 Å². The molecule has 142 valence electrons. The molecule has 0 radical (unpaired) electrons. The van der Waals surface area contributed by atoms with E-state index in [2.05, 4.69) is 16.1 Å². The Kier molecular flexibility index (Phi) is 9.13. The number of nitrogens with one attached hydrogen (secondary N) is 3. The van der Waals surface area contributed by atoms with Crippen LogP contribution >= 0.6 is 35.0 Å². The number of hydrogen-bond acceptors (Lipinski definition) is 4. The van der Waals surface area contributed by atoms with Gasteiger partial charge < -0.3 is 10.6 Å². The van der Waals surface area contributed by atoms with Gasteiger partial charge in [-0.15, -0.1) is 12.4 Å². The summed E-state index contributed by atoms with van der Waals surface area (Å²) in [6, 6.07) is 6.08. The van der Waals surface area contributed by atoms with E-state index < -0.39 is 29.0 Å². The van der Waals surface area contributed by atoms with Gasteiger partial charge in [-0.2, -0.15) is 0 Å². The molecule has 0 saturated heterocycles. The first kappa shape index (κ1) is 22.5. The Morgan fingerprint density at radius 1 is 1.15 bits per heavy atom.